The number of rotatable bonds is 7. The van der Waals surface area contributed by atoms with Gasteiger partial charge < -0.3 is 14.0 Å². The molecule has 114 valence electrons. The Morgan fingerprint density at radius 2 is 1.76 bits per heavy atom. The third kappa shape index (κ3) is 3.87. The zero-order valence-corrected chi connectivity index (χ0v) is 12.8. The number of hydrogen-bond donors (Lipinski definition) is 1. The van der Waals surface area contributed by atoms with Gasteiger partial charge in [0.15, 0.2) is 5.82 Å². The third-order valence-corrected chi connectivity index (χ3v) is 3.52. The van der Waals surface area contributed by atoms with Gasteiger partial charge in [-0.3, -0.25) is 5.41 Å². The van der Waals surface area contributed by atoms with E-state index in [9.17, 15) is 0 Å². The fourth-order valence-corrected chi connectivity index (χ4v) is 2.12. The zero-order valence-electron chi connectivity index (χ0n) is 12.8. The molecule has 0 unspecified atom stereocenters. The van der Waals surface area contributed by atoms with Crippen LogP contribution in [0.5, 0.6) is 0 Å². The summed E-state index contributed by atoms with van der Waals surface area (Å²) in [5, 5.41) is 24.1. The topological polar surface area (TPSA) is 88.5 Å². The van der Waals surface area contributed by atoms with Crippen molar-refractivity contribution in [3.05, 3.63) is 24.3 Å². The Hall–Kier alpha value is -2.25. The Kier molecular flexibility index (Phi) is 5.02. The summed E-state index contributed by atoms with van der Waals surface area (Å²) in [6.07, 6.45) is 5.83. The van der Waals surface area contributed by atoms with Gasteiger partial charge in [-0.25, -0.2) is 0 Å². The first-order chi connectivity index (χ1) is 10.1. The molecule has 0 saturated heterocycles. The van der Waals surface area contributed by atoms with Crippen molar-refractivity contribution in [3.63, 3.8) is 0 Å². The summed E-state index contributed by atoms with van der Waals surface area (Å²) in [6, 6.07) is 0. The number of amidine groups is 1. The molecule has 0 aromatic carbocycles. The molecule has 2 heterocycles. The van der Waals surface area contributed by atoms with Crippen molar-refractivity contribution in [3.8, 4) is 0 Å². The van der Waals surface area contributed by atoms with E-state index in [1.54, 1.807) is 12.7 Å². The Labute approximate surface area is 124 Å². The largest absolute Gasteiger partial charge is 0.353 e. The van der Waals surface area contributed by atoms with Crippen LogP contribution in [0, 0.1) is 5.41 Å². The Morgan fingerprint density at radius 1 is 1.14 bits per heavy atom. The normalized spacial score (nSPS) is 10.8. The maximum atomic E-state index is 8.23. The van der Waals surface area contributed by atoms with Crippen LogP contribution in [-0.4, -0.2) is 46.8 Å². The summed E-state index contributed by atoms with van der Waals surface area (Å²) in [5.74, 6) is 2.46. The minimum atomic E-state index is 0.621. The quantitative estimate of drug-likeness (QED) is 0.601. The third-order valence-electron chi connectivity index (χ3n) is 3.52. The molecule has 0 fully saturated rings. The molecule has 8 nitrogen and oxygen atoms in total. The van der Waals surface area contributed by atoms with E-state index in [4.69, 9.17) is 5.41 Å². The molecule has 0 aliphatic carbocycles. The fraction of sp³-hybridized carbons (Fsp3) is 0.615. The highest BCUT2D eigenvalue weighted by Gasteiger charge is 2.12. The lowest BCUT2D eigenvalue weighted by Crippen LogP contribution is -2.30. The lowest BCUT2D eigenvalue weighted by molar-refractivity contribution is 0.402. The molecule has 0 saturated carbocycles. The van der Waals surface area contributed by atoms with Gasteiger partial charge in [-0.05, 0) is 13.3 Å². The van der Waals surface area contributed by atoms with Gasteiger partial charge in [0.05, 0.1) is 12.4 Å². The number of aromatic nitrogens is 6. The second-order valence-electron chi connectivity index (χ2n) is 5.03. The first kappa shape index (κ1) is 15.1. The highest BCUT2D eigenvalue weighted by atomic mass is 15.3. The molecule has 0 amide bonds. The summed E-state index contributed by atoms with van der Waals surface area (Å²) in [7, 11) is 3.86. The smallest absolute Gasteiger partial charge is 0.152 e. The average Bonchev–Trinajstić information content (AvgIpc) is 3.05. The van der Waals surface area contributed by atoms with E-state index in [1.165, 1.54) is 0 Å². The van der Waals surface area contributed by atoms with Crippen LogP contribution in [0.25, 0.3) is 0 Å². The van der Waals surface area contributed by atoms with Gasteiger partial charge in [-0.15, -0.1) is 20.4 Å². The Balaban J connectivity index is 1.83. The molecule has 2 rings (SSSR count). The predicted octanol–water partition coefficient (Wildman–Crippen LogP) is 0.766. The van der Waals surface area contributed by atoms with Crippen LogP contribution in [0.1, 0.15) is 31.4 Å². The minimum Gasteiger partial charge on any atom is -0.353 e. The molecule has 0 spiro atoms. The Bertz CT molecular complexity index is 585. The number of hydrogen-bond acceptors (Lipinski definition) is 5. The van der Waals surface area contributed by atoms with Gasteiger partial charge in [-0.1, -0.05) is 0 Å². The summed E-state index contributed by atoms with van der Waals surface area (Å²) in [6.45, 7) is 3.46. The van der Waals surface area contributed by atoms with E-state index in [2.05, 4.69) is 20.4 Å². The number of aryl methyl sites for hydroxylation is 3. The van der Waals surface area contributed by atoms with Gasteiger partial charge in [0.1, 0.15) is 18.5 Å². The van der Waals surface area contributed by atoms with Crippen molar-refractivity contribution in [1.82, 2.24) is 34.4 Å². The highest BCUT2D eigenvalue weighted by molar-refractivity contribution is 5.78. The maximum absolute atomic E-state index is 8.23. The van der Waals surface area contributed by atoms with Crippen LogP contribution in [0.15, 0.2) is 12.7 Å². The SMILES string of the molecule is CCN(Cc1nncn1C)C(=N)CCCc1nncn1C. The highest BCUT2D eigenvalue weighted by Crippen LogP contribution is 2.07. The van der Waals surface area contributed by atoms with Crippen molar-refractivity contribution in [2.24, 2.45) is 14.1 Å². The first-order valence-electron chi connectivity index (χ1n) is 7.10. The van der Waals surface area contributed by atoms with Gasteiger partial charge in [-0.2, -0.15) is 0 Å². The molecule has 21 heavy (non-hydrogen) atoms. The van der Waals surface area contributed by atoms with Crippen LogP contribution >= 0.6 is 0 Å². The second-order valence-corrected chi connectivity index (χ2v) is 5.03. The molecule has 1 N–H and O–H groups in total. The van der Waals surface area contributed by atoms with Crippen molar-refractivity contribution >= 4 is 5.84 Å². The summed E-state index contributed by atoms with van der Waals surface area (Å²) in [4.78, 5) is 2.01. The van der Waals surface area contributed by atoms with Crippen molar-refractivity contribution in [1.29, 1.82) is 5.41 Å². The second kappa shape index (κ2) is 6.96. The van der Waals surface area contributed by atoms with E-state index in [0.717, 1.165) is 37.5 Å². The molecule has 8 heteroatoms. The monoisotopic (exact) mass is 290 g/mol. The van der Waals surface area contributed by atoms with Crippen molar-refractivity contribution < 1.29 is 0 Å². The summed E-state index contributed by atoms with van der Waals surface area (Å²) in [5.41, 5.74) is 0. The van der Waals surface area contributed by atoms with Crippen LogP contribution in [-0.2, 0) is 27.1 Å². The lowest BCUT2D eigenvalue weighted by atomic mass is 10.2. The molecular weight excluding hydrogens is 268 g/mol. The van der Waals surface area contributed by atoms with Crippen molar-refractivity contribution in [2.45, 2.75) is 32.7 Å². The number of nitrogens with zero attached hydrogens (tertiary/aromatic N) is 7. The van der Waals surface area contributed by atoms with Crippen LogP contribution in [0.4, 0.5) is 0 Å². The van der Waals surface area contributed by atoms with Crippen LogP contribution < -0.4 is 0 Å². The zero-order chi connectivity index (χ0) is 15.2. The van der Waals surface area contributed by atoms with Gasteiger partial charge in [0.25, 0.3) is 0 Å². The van der Waals surface area contributed by atoms with E-state index in [-0.39, 0.29) is 0 Å². The average molecular weight is 290 g/mol. The van der Waals surface area contributed by atoms with Gasteiger partial charge in [0.2, 0.25) is 0 Å². The molecule has 0 radical (unpaired) electrons. The van der Waals surface area contributed by atoms with E-state index < -0.39 is 0 Å². The fourth-order valence-electron chi connectivity index (χ4n) is 2.12. The summed E-state index contributed by atoms with van der Waals surface area (Å²) < 4.78 is 3.80. The predicted molar refractivity (Wildman–Crippen MR) is 78.8 cm³/mol. The maximum Gasteiger partial charge on any atom is 0.152 e. The van der Waals surface area contributed by atoms with Gasteiger partial charge in [0, 0.05) is 33.5 Å². The standard InChI is InChI=1S/C13H22N8/c1-4-21(8-13-18-16-10-20(13)3)11(14)6-5-7-12-17-15-9-19(12)2/h9-10,14H,4-8H2,1-3H3. The molecule has 0 atom stereocenters. The molecule has 2 aromatic heterocycles. The molecule has 0 bridgehead atoms. The Morgan fingerprint density at radius 3 is 2.29 bits per heavy atom. The lowest BCUT2D eigenvalue weighted by Gasteiger charge is -2.22. The molecular formula is C13H22N8. The molecule has 2 aromatic rings. The molecule has 0 aliphatic rings. The van der Waals surface area contributed by atoms with Crippen molar-refractivity contribution in [2.75, 3.05) is 6.54 Å². The first-order valence-corrected chi connectivity index (χ1v) is 7.10. The molecule has 0 aliphatic heterocycles. The summed E-state index contributed by atoms with van der Waals surface area (Å²) >= 11 is 0. The minimum absolute atomic E-state index is 0.621. The van der Waals surface area contributed by atoms with Gasteiger partial charge >= 0.3 is 0 Å². The van der Waals surface area contributed by atoms with Crippen LogP contribution in [0.2, 0.25) is 0 Å². The van der Waals surface area contributed by atoms with Crippen LogP contribution in [0.3, 0.4) is 0 Å². The number of nitrogens with one attached hydrogen (secondary N) is 1. The van der Waals surface area contributed by atoms with E-state index >= 15 is 0 Å². The van der Waals surface area contributed by atoms with E-state index in [0.29, 0.717) is 12.4 Å². The van der Waals surface area contributed by atoms with E-state index in [1.807, 2.05) is 35.1 Å².